The Morgan fingerprint density at radius 1 is 1.03 bits per heavy atom. The average molecular weight is 409 g/mol. The van der Waals surface area contributed by atoms with E-state index in [4.69, 9.17) is 0 Å². The standard InChI is InChI=1S/C24H28N2O2S/c1-18(2)16-19-5-7-20(8-6-19)17-21-9-11-22(12-10-21)23-4-3-13-26-14-15-29(27,28)25-24(23)26/h5-12,23H,1,3-4,13-17H2,2H3. The Labute approximate surface area is 174 Å². The summed E-state index contributed by atoms with van der Waals surface area (Å²) in [5, 5.41) is 0. The van der Waals surface area contributed by atoms with Gasteiger partial charge < -0.3 is 4.90 Å². The van der Waals surface area contributed by atoms with Gasteiger partial charge in [-0.05, 0) is 54.9 Å². The quantitative estimate of drug-likeness (QED) is 0.693. The van der Waals surface area contributed by atoms with E-state index in [1.807, 2.05) is 0 Å². The lowest BCUT2D eigenvalue weighted by molar-refractivity contribution is 0.366. The van der Waals surface area contributed by atoms with Crippen LogP contribution >= 0.6 is 0 Å². The van der Waals surface area contributed by atoms with Crippen molar-refractivity contribution in [3.05, 3.63) is 82.9 Å². The molecule has 2 aliphatic heterocycles. The number of rotatable bonds is 5. The number of hydrogen-bond donors (Lipinski definition) is 0. The molecule has 1 saturated heterocycles. The maximum absolute atomic E-state index is 12.0. The van der Waals surface area contributed by atoms with Crippen molar-refractivity contribution in [2.75, 3.05) is 18.8 Å². The maximum atomic E-state index is 12.0. The molecule has 4 nitrogen and oxygen atoms in total. The van der Waals surface area contributed by atoms with Gasteiger partial charge in [0.05, 0.1) is 5.75 Å². The molecule has 0 aromatic heterocycles. The van der Waals surface area contributed by atoms with E-state index in [9.17, 15) is 8.42 Å². The Balaban J connectivity index is 1.49. The molecule has 0 radical (unpaired) electrons. The zero-order chi connectivity index (χ0) is 20.4. The molecule has 0 spiro atoms. The normalized spacial score (nSPS) is 20.7. The summed E-state index contributed by atoms with van der Waals surface area (Å²) in [5.74, 6) is 0.950. The predicted molar refractivity (Wildman–Crippen MR) is 119 cm³/mol. The molecule has 2 aromatic carbocycles. The fourth-order valence-electron chi connectivity index (χ4n) is 4.25. The molecule has 1 fully saturated rings. The zero-order valence-corrected chi connectivity index (χ0v) is 17.8. The van der Waals surface area contributed by atoms with Crippen LogP contribution in [0.4, 0.5) is 0 Å². The Hall–Kier alpha value is -2.40. The predicted octanol–water partition coefficient (Wildman–Crippen LogP) is 4.32. The van der Waals surface area contributed by atoms with Crippen LogP contribution in [-0.4, -0.2) is 38.0 Å². The molecule has 0 amide bonds. The highest BCUT2D eigenvalue weighted by Crippen LogP contribution is 2.31. The monoisotopic (exact) mass is 408 g/mol. The molecule has 152 valence electrons. The van der Waals surface area contributed by atoms with Gasteiger partial charge in [0.15, 0.2) is 0 Å². The number of nitrogens with zero attached hydrogens (tertiary/aromatic N) is 2. The molecule has 0 saturated carbocycles. The van der Waals surface area contributed by atoms with Crippen molar-refractivity contribution >= 4 is 15.9 Å². The summed E-state index contributed by atoms with van der Waals surface area (Å²) in [6.07, 6.45) is 3.84. The van der Waals surface area contributed by atoms with Crippen molar-refractivity contribution < 1.29 is 8.42 Å². The van der Waals surface area contributed by atoms with Gasteiger partial charge in [-0.2, -0.15) is 0 Å². The van der Waals surface area contributed by atoms with E-state index in [0.29, 0.717) is 6.54 Å². The highest BCUT2D eigenvalue weighted by molar-refractivity contribution is 7.90. The number of piperidine rings is 1. The Morgan fingerprint density at radius 3 is 2.31 bits per heavy atom. The molecule has 1 atom stereocenters. The summed E-state index contributed by atoms with van der Waals surface area (Å²) >= 11 is 0. The summed E-state index contributed by atoms with van der Waals surface area (Å²) in [5.41, 5.74) is 6.17. The van der Waals surface area contributed by atoms with Gasteiger partial charge in [0, 0.05) is 19.0 Å². The van der Waals surface area contributed by atoms with Gasteiger partial charge >= 0.3 is 0 Å². The maximum Gasteiger partial charge on any atom is 0.256 e. The lowest BCUT2D eigenvalue weighted by Gasteiger charge is -2.37. The second-order valence-corrected chi connectivity index (χ2v) is 10.0. The third-order valence-electron chi connectivity index (χ3n) is 5.73. The lowest BCUT2D eigenvalue weighted by atomic mass is 9.88. The minimum atomic E-state index is -3.31. The number of hydrogen-bond acceptors (Lipinski definition) is 3. The van der Waals surface area contributed by atoms with E-state index in [-0.39, 0.29) is 11.7 Å². The molecule has 5 heteroatoms. The Bertz CT molecular complexity index is 1020. The van der Waals surface area contributed by atoms with Crippen LogP contribution in [0.25, 0.3) is 0 Å². The van der Waals surface area contributed by atoms with E-state index in [1.165, 1.54) is 22.3 Å². The van der Waals surface area contributed by atoms with E-state index < -0.39 is 10.0 Å². The summed E-state index contributed by atoms with van der Waals surface area (Å²) in [4.78, 5) is 2.15. The minimum Gasteiger partial charge on any atom is -0.358 e. The van der Waals surface area contributed by atoms with Crippen molar-refractivity contribution in [2.24, 2.45) is 4.40 Å². The number of amidine groups is 1. The van der Waals surface area contributed by atoms with E-state index >= 15 is 0 Å². The molecule has 29 heavy (non-hydrogen) atoms. The zero-order valence-electron chi connectivity index (χ0n) is 17.0. The first-order chi connectivity index (χ1) is 13.9. The molecular formula is C24H28N2O2S. The molecule has 2 aliphatic rings. The van der Waals surface area contributed by atoms with Crippen molar-refractivity contribution in [3.8, 4) is 0 Å². The van der Waals surface area contributed by atoms with Crippen LogP contribution < -0.4 is 0 Å². The van der Waals surface area contributed by atoms with Gasteiger partial charge in [0.1, 0.15) is 5.84 Å². The molecule has 2 heterocycles. The summed E-state index contributed by atoms with van der Waals surface area (Å²) < 4.78 is 28.1. The van der Waals surface area contributed by atoms with Crippen molar-refractivity contribution in [2.45, 2.75) is 38.5 Å². The smallest absolute Gasteiger partial charge is 0.256 e. The average Bonchev–Trinajstić information content (AvgIpc) is 2.69. The molecule has 4 rings (SSSR count). The highest BCUT2D eigenvalue weighted by atomic mass is 32.2. The van der Waals surface area contributed by atoms with Gasteiger partial charge in [0.2, 0.25) is 0 Å². The summed E-state index contributed by atoms with van der Waals surface area (Å²) in [7, 11) is -3.31. The van der Waals surface area contributed by atoms with Crippen LogP contribution in [0.5, 0.6) is 0 Å². The van der Waals surface area contributed by atoms with Crippen molar-refractivity contribution in [1.29, 1.82) is 0 Å². The number of sulfonamides is 1. The Kier molecular flexibility index (Phi) is 5.59. The largest absolute Gasteiger partial charge is 0.358 e. The Morgan fingerprint density at radius 2 is 1.66 bits per heavy atom. The topological polar surface area (TPSA) is 49.7 Å². The number of allylic oxidation sites excluding steroid dienone is 1. The fraction of sp³-hybridized carbons (Fsp3) is 0.375. The van der Waals surface area contributed by atoms with Crippen molar-refractivity contribution in [1.82, 2.24) is 4.90 Å². The summed E-state index contributed by atoms with van der Waals surface area (Å²) in [6, 6.07) is 17.3. The van der Waals surface area contributed by atoms with Crippen molar-refractivity contribution in [3.63, 3.8) is 0 Å². The molecule has 1 unspecified atom stereocenters. The summed E-state index contributed by atoms with van der Waals surface area (Å²) in [6.45, 7) is 7.50. The van der Waals surface area contributed by atoms with Crippen LogP contribution in [0.3, 0.4) is 0 Å². The van der Waals surface area contributed by atoms with Crippen LogP contribution in [0.1, 0.15) is 47.9 Å². The molecule has 2 aromatic rings. The third-order valence-corrected chi connectivity index (χ3v) is 6.89. The first-order valence-electron chi connectivity index (χ1n) is 10.3. The van der Waals surface area contributed by atoms with E-state index in [0.717, 1.165) is 43.6 Å². The molecule has 0 aliphatic carbocycles. The first-order valence-corrected chi connectivity index (χ1v) is 11.9. The lowest BCUT2D eigenvalue weighted by Crippen LogP contribution is -2.46. The van der Waals surface area contributed by atoms with Crippen LogP contribution in [0.2, 0.25) is 0 Å². The van der Waals surface area contributed by atoms with Crippen LogP contribution in [0.15, 0.2) is 65.1 Å². The van der Waals surface area contributed by atoms with Crippen LogP contribution in [0, 0.1) is 0 Å². The van der Waals surface area contributed by atoms with Gasteiger partial charge in [-0.25, -0.2) is 8.42 Å². The van der Waals surface area contributed by atoms with E-state index in [2.05, 4.69) is 71.3 Å². The highest BCUT2D eigenvalue weighted by Gasteiger charge is 2.33. The SMILES string of the molecule is C=C(C)Cc1ccc(Cc2ccc(C3CCCN4CCS(=O)(=O)N=C34)cc2)cc1. The van der Waals surface area contributed by atoms with Gasteiger partial charge in [-0.1, -0.05) is 60.7 Å². The van der Waals surface area contributed by atoms with Crippen LogP contribution in [-0.2, 0) is 22.9 Å². The third kappa shape index (κ3) is 4.78. The van der Waals surface area contributed by atoms with Gasteiger partial charge in [0.25, 0.3) is 10.0 Å². The fourth-order valence-corrected chi connectivity index (χ4v) is 5.32. The first kappa shape index (κ1) is 19.9. The van der Waals surface area contributed by atoms with E-state index in [1.54, 1.807) is 0 Å². The minimum absolute atomic E-state index is 0.0781. The molecule has 0 N–H and O–H groups in total. The number of benzene rings is 2. The molecular weight excluding hydrogens is 380 g/mol. The second kappa shape index (κ2) is 8.15. The molecule has 0 bridgehead atoms. The van der Waals surface area contributed by atoms with Gasteiger partial charge in [-0.15, -0.1) is 4.40 Å². The second-order valence-electron chi connectivity index (χ2n) is 8.29. The number of fused-ring (bicyclic) bond motifs is 1. The van der Waals surface area contributed by atoms with Gasteiger partial charge in [-0.3, -0.25) is 0 Å².